The molecule has 0 radical (unpaired) electrons. The number of piperidine rings is 1. The number of rotatable bonds is 4. The Morgan fingerprint density at radius 2 is 2.12 bits per heavy atom. The van der Waals surface area contributed by atoms with Gasteiger partial charge in [-0.1, -0.05) is 29.8 Å². The summed E-state index contributed by atoms with van der Waals surface area (Å²) < 4.78 is 5.85. The van der Waals surface area contributed by atoms with Crippen LogP contribution in [0.25, 0.3) is 11.6 Å². The van der Waals surface area contributed by atoms with Gasteiger partial charge in [-0.15, -0.1) is 10.2 Å². The Labute approximate surface area is 150 Å². The van der Waals surface area contributed by atoms with Gasteiger partial charge in [-0.2, -0.15) is 0 Å². The number of nitrogens with zero attached hydrogens (tertiary/aromatic N) is 5. The van der Waals surface area contributed by atoms with Crippen LogP contribution in [0.2, 0.25) is 5.02 Å². The summed E-state index contributed by atoms with van der Waals surface area (Å²) in [4.78, 5) is 10.6. The summed E-state index contributed by atoms with van der Waals surface area (Å²) in [6.45, 7) is 2.77. The molecule has 2 aromatic heterocycles. The monoisotopic (exact) mass is 355 g/mol. The molecule has 0 bridgehead atoms. The molecule has 1 aromatic carbocycles. The van der Waals surface area contributed by atoms with Gasteiger partial charge in [0.15, 0.2) is 0 Å². The molecule has 4 rings (SSSR count). The number of aromatic nitrogens is 4. The largest absolute Gasteiger partial charge is 0.419 e. The van der Waals surface area contributed by atoms with Crippen LogP contribution in [0.3, 0.4) is 0 Å². The first-order chi connectivity index (χ1) is 12.3. The minimum absolute atomic E-state index is 0.231. The van der Waals surface area contributed by atoms with Gasteiger partial charge in [0.2, 0.25) is 5.89 Å². The maximum atomic E-state index is 6.29. The van der Waals surface area contributed by atoms with Crippen LogP contribution in [0.15, 0.2) is 47.3 Å². The summed E-state index contributed by atoms with van der Waals surface area (Å²) in [5.74, 6) is 1.32. The van der Waals surface area contributed by atoms with E-state index in [0.29, 0.717) is 17.5 Å². The van der Waals surface area contributed by atoms with Crippen molar-refractivity contribution in [1.29, 1.82) is 0 Å². The highest BCUT2D eigenvalue weighted by atomic mass is 35.5. The zero-order valence-corrected chi connectivity index (χ0v) is 14.4. The van der Waals surface area contributed by atoms with Crippen molar-refractivity contribution < 1.29 is 4.42 Å². The maximum Gasteiger partial charge on any atom is 0.267 e. The van der Waals surface area contributed by atoms with Gasteiger partial charge in [-0.25, -0.2) is 4.98 Å². The average Bonchev–Trinajstić information content (AvgIpc) is 3.15. The minimum atomic E-state index is 0.231. The molecular weight excluding hydrogens is 338 g/mol. The normalized spacial score (nSPS) is 18.4. The number of halogens is 1. The highest BCUT2D eigenvalue weighted by molar-refractivity contribution is 6.31. The highest BCUT2D eigenvalue weighted by Gasteiger charge is 2.26. The topological polar surface area (TPSA) is 67.9 Å². The van der Waals surface area contributed by atoms with E-state index in [1.807, 2.05) is 18.2 Å². The third-order valence-corrected chi connectivity index (χ3v) is 4.80. The predicted octanol–water partition coefficient (Wildman–Crippen LogP) is 3.56. The second-order valence-electron chi connectivity index (χ2n) is 6.20. The van der Waals surface area contributed by atoms with Crippen molar-refractivity contribution in [3.63, 3.8) is 0 Å². The quantitative estimate of drug-likeness (QED) is 0.712. The molecule has 1 aliphatic heterocycles. The van der Waals surface area contributed by atoms with Crippen LogP contribution < -0.4 is 0 Å². The van der Waals surface area contributed by atoms with Gasteiger partial charge >= 0.3 is 0 Å². The van der Waals surface area contributed by atoms with Crippen LogP contribution in [0.4, 0.5) is 0 Å². The van der Waals surface area contributed by atoms with Gasteiger partial charge in [0, 0.05) is 30.5 Å². The summed E-state index contributed by atoms with van der Waals surface area (Å²) >= 11 is 6.29. The molecular formula is C18H18ClN5O. The van der Waals surface area contributed by atoms with Crippen molar-refractivity contribution in [2.24, 2.45) is 0 Å². The van der Waals surface area contributed by atoms with E-state index in [1.54, 1.807) is 18.6 Å². The first-order valence-corrected chi connectivity index (χ1v) is 8.73. The lowest BCUT2D eigenvalue weighted by atomic mass is 9.97. The fraction of sp³-hybridized carbons (Fsp3) is 0.333. The Hall–Kier alpha value is -2.31. The van der Waals surface area contributed by atoms with Crippen LogP contribution in [-0.4, -0.2) is 38.2 Å². The van der Waals surface area contributed by atoms with E-state index < -0.39 is 0 Å². The van der Waals surface area contributed by atoms with Crippen LogP contribution in [-0.2, 0) is 6.54 Å². The fourth-order valence-electron chi connectivity index (χ4n) is 3.18. The molecule has 3 heterocycles. The van der Waals surface area contributed by atoms with Crippen molar-refractivity contribution in [2.45, 2.75) is 25.3 Å². The Kier molecular flexibility index (Phi) is 4.72. The Bertz CT molecular complexity index is 838. The SMILES string of the molecule is Clc1ccccc1CN1CCCC(c2nnc(-c3cnccn3)o2)C1. The van der Waals surface area contributed by atoms with E-state index in [-0.39, 0.29) is 5.92 Å². The molecule has 6 nitrogen and oxygen atoms in total. The van der Waals surface area contributed by atoms with Crippen LogP contribution in [0, 0.1) is 0 Å². The third kappa shape index (κ3) is 3.70. The Morgan fingerprint density at radius 3 is 2.96 bits per heavy atom. The van der Waals surface area contributed by atoms with Gasteiger partial charge in [0.25, 0.3) is 5.89 Å². The summed E-state index contributed by atoms with van der Waals surface area (Å²) in [6, 6.07) is 7.99. The van der Waals surface area contributed by atoms with E-state index in [9.17, 15) is 0 Å². The van der Waals surface area contributed by atoms with Crippen molar-refractivity contribution in [3.05, 3.63) is 59.3 Å². The number of benzene rings is 1. The first kappa shape index (κ1) is 16.2. The lowest BCUT2D eigenvalue weighted by Crippen LogP contribution is -2.34. The van der Waals surface area contributed by atoms with E-state index >= 15 is 0 Å². The third-order valence-electron chi connectivity index (χ3n) is 4.43. The molecule has 25 heavy (non-hydrogen) atoms. The van der Waals surface area contributed by atoms with Crippen LogP contribution in [0.5, 0.6) is 0 Å². The van der Waals surface area contributed by atoms with Gasteiger partial charge in [0.05, 0.1) is 12.1 Å². The zero-order valence-electron chi connectivity index (χ0n) is 13.7. The molecule has 0 spiro atoms. The smallest absolute Gasteiger partial charge is 0.267 e. The number of hydrogen-bond acceptors (Lipinski definition) is 6. The average molecular weight is 356 g/mol. The van der Waals surface area contributed by atoms with Crippen molar-refractivity contribution >= 4 is 11.6 Å². The molecule has 1 atom stereocenters. The number of hydrogen-bond donors (Lipinski definition) is 0. The second-order valence-corrected chi connectivity index (χ2v) is 6.61. The summed E-state index contributed by atoms with van der Waals surface area (Å²) in [6.07, 6.45) is 7.00. The summed E-state index contributed by atoms with van der Waals surface area (Å²) in [5, 5.41) is 9.18. The highest BCUT2D eigenvalue weighted by Crippen LogP contribution is 2.29. The molecule has 3 aromatic rings. The van der Waals surface area contributed by atoms with Crippen molar-refractivity contribution in [2.75, 3.05) is 13.1 Å². The van der Waals surface area contributed by atoms with Crippen LogP contribution >= 0.6 is 11.6 Å². The van der Waals surface area contributed by atoms with E-state index in [1.165, 1.54) is 0 Å². The minimum Gasteiger partial charge on any atom is -0.419 e. The zero-order chi connectivity index (χ0) is 17.1. The lowest BCUT2D eigenvalue weighted by Gasteiger charge is -2.31. The maximum absolute atomic E-state index is 6.29. The standard InChI is InChI=1S/C18H18ClN5O/c19-15-6-2-1-4-13(15)11-24-9-3-5-14(12-24)17-22-23-18(25-17)16-10-20-7-8-21-16/h1-2,4,6-8,10,14H,3,5,9,11-12H2. The molecule has 1 fully saturated rings. The van der Waals surface area contributed by atoms with Gasteiger partial charge in [0.1, 0.15) is 5.69 Å². The second kappa shape index (κ2) is 7.29. The molecule has 1 unspecified atom stereocenters. The van der Waals surface area contributed by atoms with Gasteiger partial charge < -0.3 is 4.42 Å². The van der Waals surface area contributed by atoms with Crippen molar-refractivity contribution in [1.82, 2.24) is 25.1 Å². The van der Waals surface area contributed by atoms with E-state index in [0.717, 1.165) is 43.1 Å². The molecule has 0 N–H and O–H groups in total. The Balaban J connectivity index is 1.46. The molecule has 128 valence electrons. The molecule has 0 aliphatic carbocycles. The van der Waals surface area contributed by atoms with E-state index in [2.05, 4.69) is 31.1 Å². The van der Waals surface area contributed by atoms with E-state index in [4.69, 9.17) is 16.0 Å². The van der Waals surface area contributed by atoms with Gasteiger partial charge in [-0.05, 0) is 31.0 Å². The first-order valence-electron chi connectivity index (χ1n) is 8.35. The van der Waals surface area contributed by atoms with Crippen molar-refractivity contribution in [3.8, 4) is 11.6 Å². The molecule has 0 amide bonds. The predicted molar refractivity (Wildman–Crippen MR) is 94.0 cm³/mol. The number of likely N-dealkylation sites (tertiary alicyclic amines) is 1. The fourth-order valence-corrected chi connectivity index (χ4v) is 3.38. The molecule has 7 heteroatoms. The summed E-state index contributed by atoms with van der Waals surface area (Å²) in [5.41, 5.74) is 1.75. The lowest BCUT2D eigenvalue weighted by molar-refractivity contribution is 0.186. The summed E-state index contributed by atoms with van der Waals surface area (Å²) in [7, 11) is 0. The Morgan fingerprint density at radius 1 is 1.20 bits per heavy atom. The van der Waals surface area contributed by atoms with Crippen LogP contribution in [0.1, 0.15) is 30.2 Å². The van der Waals surface area contributed by atoms with Gasteiger partial charge in [-0.3, -0.25) is 9.88 Å². The molecule has 1 saturated heterocycles. The molecule has 1 aliphatic rings. The molecule has 0 saturated carbocycles.